The van der Waals surface area contributed by atoms with Crippen molar-refractivity contribution < 1.29 is 14.3 Å². The lowest BCUT2D eigenvalue weighted by Crippen LogP contribution is -2.02. The molecule has 0 saturated carbocycles. The monoisotopic (exact) mass is 278 g/mol. The number of ether oxygens (including phenoxy) is 2. The van der Waals surface area contributed by atoms with Crippen molar-refractivity contribution in [1.29, 1.82) is 0 Å². The number of hydrogen-bond acceptors (Lipinski definition) is 5. The summed E-state index contributed by atoms with van der Waals surface area (Å²) in [4.78, 5) is 15.2. The minimum atomic E-state index is -0.456. The highest BCUT2D eigenvalue weighted by molar-refractivity contribution is 6.30. The number of rotatable bonds is 3. The Morgan fingerprint density at radius 3 is 2.74 bits per heavy atom. The molecule has 0 amide bonds. The van der Waals surface area contributed by atoms with Crippen LogP contribution in [0, 0.1) is 0 Å². The Kier molecular flexibility index (Phi) is 3.87. The van der Waals surface area contributed by atoms with Gasteiger partial charge in [0, 0.05) is 12.3 Å². The molecule has 0 spiro atoms. The molecule has 0 aliphatic rings. The van der Waals surface area contributed by atoms with Crippen LogP contribution in [-0.2, 0) is 4.74 Å². The first-order chi connectivity index (χ1) is 9.10. The van der Waals surface area contributed by atoms with Gasteiger partial charge in [0.05, 0.1) is 29.6 Å². The summed E-state index contributed by atoms with van der Waals surface area (Å²) in [5.74, 6) is 0.421. The second-order valence-corrected chi connectivity index (χ2v) is 4.12. The molecule has 2 aromatic rings. The number of halogens is 1. The zero-order chi connectivity index (χ0) is 13.8. The number of benzene rings is 1. The molecule has 0 unspecified atom stereocenters. The number of carbonyl (C=O) groups is 1. The number of nitrogen functional groups attached to an aromatic ring is 1. The average molecular weight is 279 g/mol. The maximum Gasteiger partial charge on any atom is 0.337 e. The number of anilines is 1. The van der Waals surface area contributed by atoms with Crippen molar-refractivity contribution >= 4 is 23.3 Å². The van der Waals surface area contributed by atoms with Gasteiger partial charge in [0.1, 0.15) is 11.5 Å². The van der Waals surface area contributed by atoms with Crippen molar-refractivity contribution in [2.24, 2.45) is 0 Å². The second-order valence-electron chi connectivity index (χ2n) is 3.69. The van der Waals surface area contributed by atoms with E-state index in [2.05, 4.69) is 9.72 Å². The molecule has 6 heteroatoms. The SMILES string of the molecule is COC(=O)c1ccc(Oc2cncc(Cl)c2)c(N)c1. The molecule has 5 nitrogen and oxygen atoms in total. The summed E-state index contributed by atoms with van der Waals surface area (Å²) in [5, 5.41) is 0.460. The van der Waals surface area contributed by atoms with Crippen molar-refractivity contribution in [3.63, 3.8) is 0 Å². The van der Waals surface area contributed by atoms with Gasteiger partial charge in [-0.2, -0.15) is 0 Å². The second kappa shape index (κ2) is 5.58. The molecule has 1 aromatic carbocycles. The molecular formula is C13H11ClN2O3. The third-order valence-electron chi connectivity index (χ3n) is 2.34. The fourth-order valence-electron chi connectivity index (χ4n) is 1.46. The van der Waals surface area contributed by atoms with E-state index in [9.17, 15) is 4.79 Å². The third-order valence-corrected chi connectivity index (χ3v) is 2.55. The first-order valence-corrected chi connectivity index (χ1v) is 5.74. The van der Waals surface area contributed by atoms with Crippen molar-refractivity contribution in [1.82, 2.24) is 4.98 Å². The first-order valence-electron chi connectivity index (χ1n) is 5.36. The molecule has 19 heavy (non-hydrogen) atoms. The van der Waals surface area contributed by atoms with Crippen molar-refractivity contribution in [2.45, 2.75) is 0 Å². The summed E-state index contributed by atoms with van der Waals surface area (Å²) in [6, 6.07) is 6.25. The molecule has 0 bridgehead atoms. The molecule has 2 N–H and O–H groups in total. The standard InChI is InChI=1S/C13H11ClN2O3/c1-18-13(17)8-2-3-12(11(15)4-8)19-10-5-9(14)6-16-7-10/h2-7H,15H2,1H3. The van der Waals surface area contributed by atoms with Crippen LogP contribution >= 0.6 is 11.6 Å². The molecular weight excluding hydrogens is 268 g/mol. The summed E-state index contributed by atoms with van der Waals surface area (Å²) >= 11 is 5.80. The van der Waals surface area contributed by atoms with E-state index in [1.807, 2.05) is 0 Å². The number of carbonyl (C=O) groups excluding carboxylic acids is 1. The van der Waals surface area contributed by atoms with Gasteiger partial charge in [-0.05, 0) is 18.2 Å². The fourth-order valence-corrected chi connectivity index (χ4v) is 1.63. The number of methoxy groups -OCH3 is 1. The van der Waals surface area contributed by atoms with Crippen LogP contribution in [0.3, 0.4) is 0 Å². The molecule has 1 heterocycles. The quantitative estimate of drug-likeness (QED) is 0.690. The van der Waals surface area contributed by atoms with E-state index in [0.717, 1.165) is 0 Å². The number of nitrogens with two attached hydrogens (primary N) is 1. The molecule has 0 aliphatic carbocycles. The Morgan fingerprint density at radius 2 is 2.11 bits per heavy atom. The highest BCUT2D eigenvalue weighted by atomic mass is 35.5. The lowest BCUT2D eigenvalue weighted by Gasteiger charge is -2.09. The van der Waals surface area contributed by atoms with Crippen LogP contribution in [0.15, 0.2) is 36.7 Å². The van der Waals surface area contributed by atoms with Gasteiger partial charge in [0.2, 0.25) is 0 Å². The molecule has 98 valence electrons. The van der Waals surface area contributed by atoms with Crippen LogP contribution in [-0.4, -0.2) is 18.1 Å². The summed E-state index contributed by atoms with van der Waals surface area (Å²) in [5.41, 5.74) is 6.49. The van der Waals surface area contributed by atoms with E-state index in [-0.39, 0.29) is 0 Å². The Hall–Kier alpha value is -2.27. The summed E-state index contributed by atoms with van der Waals surface area (Å²) in [6.45, 7) is 0. The maximum atomic E-state index is 11.3. The van der Waals surface area contributed by atoms with E-state index in [1.54, 1.807) is 18.2 Å². The van der Waals surface area contributed by atoms with Crippen molar-refractivity contribution in [3.8, 4) is 11.5 Å². The predicted molar refractivity (Wildman–Crippen MR) is 71.5 cm³/mol. The third kappa shape index (κ3) is 3.14. The molecule has 0 saturated heterocycles. The Balaban J connectivity index is 2.24. The highest BCUT2D eigenvalue weighted by Crippen LogP contribution is 2.29. The van der Waals surface area contributed by atoms with Crippen molar-refractivity contribution in [2.75, 3.05) is 12.8 Å². The largest absolute Gasteiger partial charge is 0.465 e. The topological polar surface area (TPSA) is 74.4 Å². The van der Waals surface area contributed by atoms with Crippen LogP contribution in [0.4, 0.5) is 5.69 Å². The Morgan fingerprint density at radius 1 is 1.32 bits per heavy atom. The minimum Gasteiger partial charge on any atom is -0.465 e. The normalized spacial score (nSPS) is 10.0. The zero-order valence-electron chi connectivity index (χ0n) is 10.1. The molecule has 0 aliphatic heterocycles. The first kappa shape index (κ1) is 13.2. The lowest BCUT2D eigenvalue weighted by molar-refractivity contribution is 0.0601. The molecule has 0 radical (unpaired) electrons. The molecule has 0 atom stereocenters. The van der Waals surface area contributed by atoms with Gasteiger partial charge in [0.25, 0.3) is 0 Å². The van der Waals surface area contributed by atoms with Gasteiger partial charge in [-0.1, -0.05) is 11.6 Å². The van der Waals surface area contributed by atoms with E-state index in [1.165, 1.54) is 25.6 Å². The van der Waals surface area contributed by atoms with Crippen LogP contribution in [0.1, 0.15) is 10.4 Å². The Labute approximate surface area is 114 Å². The predicted octanol–water partition coefficient (Wildman–Crippen LogP) is 2.90. The van der Waals surface area contributed by atoms with Gasteiger partial charge in [-0.3, -0.25) is 4.98 Å². The van der Waals surface area contributed by atoms with Crippen molar-refractivity contribution in [3.05, 3.63) is 47.2 Å². The number of hydrogen-bond donors (Lipinski definition) is 1. The van der Waals surface area contributed by atoms with Gasteiger partial charge in [-0.15, -0.1) is 0 Å². The van der Waals surface area contributed by atoms with Gasteiger partial charge in [-0.25, -0.2) is 4.79 Å². The van der Waals surface area contributed by atoms with Crippen LogP contribution in [0.5, 0.6) is 11.5 Å². The zero-order valence-corrected chi connectivity index (χ0v) is 10.8. The smallest absolute Gasteiger partial charge is 0.337 e. The number of pyridine rings is 1. The minimum absolute atomic E-state index is 0.322. The summed E-state index contributed by atoms with van der Waals surface area (Å²) in [7, 11) is 1.31. The summed E-state index contributed by atoms with van der Waals surface area (Å²) in [6.07, 6.45) is 3.01. The molecule has 0 fully saturated rings. The van der Waals surface area contributed by atoms with Crippen LogP contribution in [0.2, 0.25) is 5.02 Å². The van der Waals surface area contributed by atoms with Gasteiger partial charge < -0.3 is 15.2 Å². The lowest BCUT2D eigenvalue weighted by atomic mass is 10.2. The van der Waals surface area contributed by atoms with Gasteiger partial charge in [0.15, 0.2) is 0 Å². The van der Waals surface area contributed by atoms with Gasteiger partial charge >= 0.3 is 5.97 Å². The summed E-state index contributed by atoms with van der Waals surface area (Å²) < 4.78 is 10.1. The fraction of sp³-hybridized carbons (Fsp3) is 0.0769. The number of nitrogens with zero attached hydrogens (tertiary/aromatic N) is 1. The average Bonchev–Trinajstić information content (AvgIpc) is 2.40. The Bertz CT molecular complexity index is 617. The van der Waals surface area contributed by atoms with E-state index in [0.29, 0.717) is 27.8 Å². The highest BCUT2D eigenvalue weighted by Gasteiger charge is 2.09. The molecule has 1 aromatic heterocycles. The van der Waals surface area contributed by atoms with Crippen LogP contribution in [0.25, 0.3) is 0 Å². The van der Waals surface area contributed by atoms with E-state index >= 15 is 0 Å². The number of aromatic nitrogens is 1. The number of esters is 1. The van der Waals surface area contributed by atoms with Crippen LogP contribution < -0.4 is 10.5 Å². The maximum absolute atomic E-state index is 11.3. The van der Waals surface area contributed by atoms with E-state index in [4.69, 9.17) is 22.1 Å². The van der Waals surface area contributed by atoms with E-state index < -0.39 is 5.97 Å². The molecule has 2 rings (SSSR count).